The molecule has 1 unspecified atom stereocenters. The fraction of sp³-hybridized carbons (Fsp3) is 0.462. The van der Waals surface area contributed by atoms with Gasteiger partial charge in [0.1, 0.15) is 11.5 Å². The Hall–Kier alpha value is -1.51. The highest BCUT2D eigenvalue weighted by atomic mass is 35.5. The molecule has 0 aromatic heterocycles. The predicted octanol–water partition coefficient (Wildman–Crippen LogP) is 0.999. The molecular formula is C13H17ClN2O5S. The number of carbonyl (C=O) groups excluding carboxylic acids is 1. The molecule has 1 aromatic rings. The van der Waals surface area contributed by atoms with E-state index in [0.29, 0.717) is 22.2 Å². The van der Waals surface area contributed by atoms with Gasteiger partial charge in [0, 0.05) is 31.0 Å². The van der Waals surface area contributed by atoms with E-state index >= 15 is 0 Å². The maximum absolute atomic E-state index is 12.2. The van der Waals surface area contributed by atoms with Crippen LogP contribution in [0.5, 0.6) is 11.5 Å². The molecule has 1 aromatic carbocycles. The number of amides is 1. The highest BCUT2D eigenvalue weighted by molar-refractivity contribution is 7.89. The van der Waals surface area contributed by atoms with Crippen molar-refractivity contribution in [1.29, 1.82) is 0 Å². The summed E-state index contributed by atoms with van der Waals surface area (Å²) in [5.41, 5.74) is 0.491. The molecule has 122 valence electrons. The van der Waals surface area contributed by atoms with Crippen LogP contribution in [0.25, 0.3) is 0 Å². The first-order valence-electron chi connectivity index (χ1n) is 6.47. The Labute approximate surface area is 134 Å². The van der Waals surface area contributed by atoms with Crippen molar-refractivity contribution in [2.24, 2.45) is 11.1 Å². The highest BCUT2D eigenvalue weighted by Gasteiger charge is 2.34. The standard InChI is InChI=1S/C13H17ClN2O5S/c1-20-11-5-10(12(21-2)4-9(11)14)16-6-8(3-13(16)17)7-22(15,18)19/h4-5,8H,3,6-7H2,1-2H3,(H2,15,18,19). The van der Waals surface area contributed by atoms with E-state index in [1.54, 1.807) is 12.1 Å². The van der Waals surface area contributed by atoms with E-state index in [-0.39, 0.29) is 30.5 Å². The maximum atomic E-state index is 12.2. The van der Waals surface area contributed by atoms with Crippen molar-refractivity contribution in [3.8, 4) is 11.5 Å². The fourth-order valence-corrected chi connectivity index (χ4v) is 3.62. The Morgan fingerprint density at radius 1 is 1.32 bits per heavy atom. The number of nitrogens with two attached hydrogens (primary N) is 1. The topological polar surface area (TPSA) is 98.9 Å². The van der Waals surface area contributed by atoms with Gasteiger partial charge in [0.05, 0.1) is 30.7 Å². The van der Waals surface area contributed by atoms with Gasteiger partial charge in [-0.15, -0.1) is 0 Å². The third-order valence-corrected chi connectivity index (χ3v) is 4.65. The summed E-state index contributed by atoms with van der Waals surface area (Å²) in [6.07, 6.45) is 0.116. The van der Waals surface area contributed by atoms with Crippen LogP contribution in [-0.4, -0.2) is 40.8 Å². The first kappa shape index (κ1) is 16.9. The molecule has 7 nitrogen and oxygen atoms in total. The second-order valence-corrected chi connectivity index (χ2v) is 7.13. The Balaban J connectivity index is 2.33. The molecule has 2 N–H and O–H groups in total. The van der Waals surface area contributed by atoms with Crippen molar-refractivity contribution in [3.05, 3.63) is 17.2 Å². The average molecular weight is 349 g/mol. The summed E-state index contributed by atoms with van der Waals surface area (Å²) in [4.78, 5) is 13.7. The predicted molar refractivity (Wildman–Crippen MR) is 83.0 cm³/mol. The molecule has 1 aliphatic heterocycles. The third kappa shape index (κ3) is 3.63. The van der Waals surface area contributed by atoms with E-state index in [9.17, 15) is 13.2 Å². The van der Waals surface area contributed by atoms with Crippen LogP contribution in [0, 0.1) is 5.92 Å². The van der Waals surface area contributed by atoms with E-state index < -0.39 is 10.0 Å². The van der Waals surface area contributed by atoms with Crippen LogP contribution < -0.4 is 19.5 Å². The molecule has 0 bridgehead atoms. The second kappa shape index (κ2) is 6.31. The minimum absolute atomic E-state index is 0.116. The molecule has 1 aliphatic rings. The van der Waals surface area contributed by atoms with Gasteiger partial charge in [-0.25, -0.2) is 13.6 Å². The molecule has 2 rings (SSSR count). The second-order valence-electron chi connectivity index (χ2n) is 5.06. The number of sulfonamides is 1. The van der Waals surface area contributed by atoms with Crippen LogP contribution in [0.3, 0.4) is 0 Å². The zero-order valence-electron chi connectivity index (χ0n) is 12.2. The van der Waals surface area contributed by atoms with E-state index in [0.717, 1.165) is 0 Å². The quantitative estimate of drug-likeness (QED) is 0.855. The molecule has 9 heteroatoms. The fourth-order valence-electron chi connectivity index (χ4n) is 2.51. The van der Waals surface area contributed by atoms with Gasteiger partial charge >= 0.3 is 0 Å². The SMILES string of the molecule is COc1cc(N2CC(CS(N)(=O)=O)CC2=O)c(OC)cc1Cl. The van der Waals surface area contributed by atoms with E-state index in [1.807, 2.05) is 0 Å². The Kier molecular flexibility index (Phi) is 4.84. The van der Waals surface area contributed by atoms with Crippen molar-refractivity contribution >= 4 is 33.2 Å². The first-order chi connectivity index (χ1) is 10.2. The molecule has 0 radical (unpaired) electrons. The van der Waals surface area contributed by atoms with Crippen molar-refractivity contribution in [2.45, 2.75) is 6.42 Å². The normalized spacial score (nSPS) is 18.6. The van der Waals surface area contributed by atoms with Crippen molar-refractivity contribution in [2.75, 3.05) is 31.4 Å². The largest absolute Gasteiger partial charge is 0.495 e. The van der Waals surface area contributed by atoms with Gasteiger partial charge in [0.25, 0.3) is 0 Å². The number of ether oxygens (including phenoxy) is 2. The van der Waals surface area contributed by atoms with Crippen LogP contribution >= 0.6 is 11.6 Å². The highest BCUT2D eigenvalue weighted by Crippen LogP contribution is 2.40. The summed E-state index contributed by atoms with van der Waals surface area (Å²) in [7, 11) is -0.700. The van der Waals surface area contributed by atoms with Gasteiger partial charge in [-0.05, 0) is 0 Å². The lowest BCUT2D eigenvalue weighted by atomic mass is 10.1. The smallest absolute Gasteiger partial charge is 0.227 e. The Morgan fingerprint density at radius 2 is 1.95 bits per heavy atom. The molecule has 0 spiro atoms. The van der Waals surface area contributed by atoms with Crippen LogP contribution in [-0.2, 0) is 14.8 Å². The van der Waals surface area contributed by atoms with Crippen LogP contribution in [0.4, 0.5) is 5.69 Å². The number of halogens is 1. The number of nitrogens with zero attached hydrogens (tertiary/aromatic N) is 1. The summed E-state index contributed by atoms with van der Waals surface area (Å²) < 4.78 is 32.8. The van der Waals surface area contributed by atoms with Gasteiger partial charge < -0.3 is 14.4 Å². The minimum Gasteiger partial charge on any atom is -0.495 e. The lowest BCUT2D eigenvalue weighted by Crippen LogP contribution is -2.27. The van der Waals surface area contributed by atoms with E-state index in [4.69, 9.17) is 26.2 Å². The van der Waals surface area contributed by atoms with Crippen LogP contribution in [0.1, 0.15) is 6.42 Å². The zero-order valence-corrected chi connectivity index (χ0v) is 13.8. The number of hydrogen-bond acceptors (Lipinski definition) is 5. The monoisotopic (exact) mass is 348 g/mol. The lowest BCUT2D eigenvalue weighted by Gasteiger charge is -2.21. The summed E-state index contributed by atoms with van der Waals surface area (Å²) in [5.74, 6) is 0.0308. The Bertz CT molecular complexity index is 692. The number of methoxy groups -OCH3 is 2. The molecule has 1 amide bonds. The molecule has 22 heavy (non-hydrogen) atoms. The molecule has 1 saturated heterocycles. The summed E-state index contributed by atoms with van der Waals surface area (Å²) in [6.45, 7) is 0.246. The summed E-state index contributed by atoms with van der Waals surface area (Å²) in [6, 6.07) is 3.15. The van der Waals surface area contributed by atoms with Crippen molar-refractivity contribution in [1.82, 2.24) is 0 Å². The number of carbonyl (C=O) groups is 1. The lowest BCUT2D eigenvalue weighted by molar-refractivity contribution is -0.117. The molecule has 1 fully saturated rings. The van der Waals surface area contributed by atoms with Crippen LogP contribution in [0.15, 0.2) is 12.1 Å². The van der Waals surface area contributed by atoms with Gasteiger partial charge in [-0.2, -0.15) is 0 Å². The van der Waals surface area contributed by atoms with E-state index in [1.165, 1.54) is 19.1 Å². The number of benzene rings is 1. The van der Waals surface area contributed by atoms with Gasteiger partial charge in [-0.3, -0.25) is 4.79 Å². The zero-order chi connectivity index (χ0) is 16.5. The van der Waals surface area contributed by atoms with E-state index in [2.05, 4.69) is 0 Å². The van der Waals surface area contributed by atoms with Crippen molar-refractivity contribution < 1.29 is 22.7 Å². The molecule has 0 saturated carbocycles. The van der Waals surface area contributed by atoms with Gasteiger partial charge in [-0.1, -0.05) is 11.6 Å². The van der Waals surface area contributed by atoms with Crippen molar-refractivity contribution in [3.63, 3.8) is 0 Å². The molecule has 1 heterocycles. The Morgan fingerprint density at radius 3 is 2.50 bits per heavy atom. The van der Waals surface area contributed by atoms with Gasteiger partial charge in [0.15, 0.2) is 0 Å². The molecular weight excluding hydrogens is 332 g/mol. The summed E-state index contributed by atoms with van der Waals surface area (Å²) >= 11 is 6.03. The first-order valence-corrected chi connectivity index (χ1v) is 8.57. The minimum atomic E-state index is -3.63. The maximum Gasteiger partial charge on any atom is 0.227 e. The number of primary sulfonamides is 1. The summed E-state index contributed by atoms with van der Waals surface area (Å²) in [5, 5.41) is 5.40. The number of anilines is 1. The van der Waals surface area contributed by atoms with Crippen LogP contribution in [0.2, 0.25) is 5.02 Å². The molecule has 1 atom stereocenters. The molecule has 0 aliphatic carbocycles. The average Bonchev–Trinajstić information content (AvgIpc) is 2.76. The van der Waals surface area contributed by atoms with Gasteiger partial charge in [0.2, 0.25) is 15.9 Å². The number of rotatable bonds is 5. The number of hydrogen-bond donors (Lipinski definition) is 1. The third-order valence-electron chi connectivity index (χ3n) is 3.42.